The van der Waals surface area contributed by atoms with E-state index in [1.54, 1.807) is 0 Å². The SMILES string of the molecule is Cc1cc(C)cc(-c2cnc3cc[nH]c3n2)c1. The number of nitrogens with one attached hydrogen (secondary N) is 1. The van der Waals surface area contributed by atoms with Gasteiger partial charge in [-0.1, -0.05) is 17.2 Å². The molecule has 2 heterocycles. The van der Waals surface area contributed by atoms with Crippen LogP contribution in [0.25, 0.3) is 22.4 Å². The van der Waals surface area contributed by atoms with Gasteiger partial charge in [0.05, 0.1) is 11.9 Å². The molecule has 2 aromatic heterocycles. The summed E-state index contributed by atoms with van der Waals surface area (Å²) in [6.07, 6.45) is 3.68. The quantitative estimate of drug-likeness (QED) is 0.688. The third kappa shape index (κ3) is 1.80. The monoisotopic (exact) mass is 223 g/mol. The second-order valence-corrected chi connectivity index (χ2v) is 4.34. The molecule has 0 saturated carbocycles. The number of nitrogens with zero attached hydrogens (tertiary/aromatic N) is 2. The van der Waals surface area contributed by atoms with Crippen molar-refractivity contribution in [1.29, 1.82) is 0 Å². The summed E-state index contributed by atoms with van der Waals surface area (Å²) in [6, 6.07) is 8.34. The molecule has 0 aliphatic rings. The van der Waals surface area contributed by atoms with Gasteiger partial charge < -0.3 is 4.98 Å². The van der Waals surface area contributed by atoms with E-state index in [0.29, 0.717) is 0 Å². The van der Waals surface area contributed by atoms with Crippen LogP contribution in [0.1, 0.15) is 11.1 Å². The maximum Gasteiger partial charge on any atom is 0.156 e. The molecule has 17 heavy (non-hydrogen) atoms. The van der Waals surface area contributed by atoms with Gasteiger partial charge in [-0.2, -0.15) is 0 Å². The molecule has 3 heteroatoms. The van der Waals surface area contributed by atoms with Crippen LogP contribution in [0.5, 0.6) is 0 Å². The van der Waals surface area contributed by atoms with Crippen LogP contribution in [0.2, 0.25) is 0 Å². The maximum atomic E-state index is 4.57. The van der Waals surface area contributed by atoms with Gasteiger partial charge in [0, 0.05) is 11.8 Å². The zero-order chi connectivity index (χ0) is 11.8. The van der Waals surface area contributed by atoms with Crippen molar-refractivity contribution in [3.05, 3.63) is 47.8 Å². The molecule has 0 aliphatic heterocycles. The minimum Gasteiger partial charge on any atom is -0.345 e. The Hall–Kier alpha value is -2.16. The fourth-order valence-corrected chi connectivity index (χ4v) is 2.09. The first-order valence-corrected chi connectivity index (χ1v) is 5.61. The van der Waals surface area contributed by atoms with Crippen LogP contribution >= 0.6 is 0 Å². The predicted molar refractivity (Wildman–Crippen MR) is 68.8 cm³/mol. The van der Waals surface area contributed by atoms with Crippen LogP contribution in [0.3, 0.4) is 0 Å². The highest BCUT2D eigenvalue weighted by atomic mass is 14.9. The molecule has 0 bridgehead atoms. The van der Waals surface area contributed by atoms with Gasteiger partial charge in [-0.15, -0.1) is 0 Å². The van der Waals surface area contributed by atoms with Crippen molar-refractivity contribution in [2.45, 2.75) is 13.8 Å². The Labute approximate surface area is 99.5 Å². The first-order chi connectivity index (χ1) is 8.22. The van der Waals surface area contributed by atoms with Crippen LogP contribution in [0.4, 0.5) is 0 Å². The van der Waals surface area contributed by atoms with E-state index in [1.165, 1.54) is 11.1 Å². The van der Waals surface area contributed by atoms with Crippen molar-refractivity contribution in [1.82, 2.24) is 15.0 Å². The summed E-state index contributed by atoms with van der Waals surface area (Å²) in [5.74, 6) is 0. The third-order valence-electron chi connectivity index (χ3n) is 2.78. The number of fused-ring (bicyclic) bond motifs is 1. The van der Waals surface area contributed by atoms with Crippen LogP contribution < -0.4 is 0 Å². The molecule has 84 valence electrons. The van der Waals surface area contributed by atoms with Gasteiger partial charge in [0.15, 0.2) is 5.65 Å². The second-order valence-electron chi connectivity index (χ2n) is 4.34. The molecule has 0 unspecified atom stereocenters. The predicted octanol–water partition coefficient (Wildman–Crippen LogP) is 3.24. The van der Waals surface area contributed by atoms with Crippen molar-refractivity contribution < 1.29 is 0 Å². The number of hydrogen-bond acceptors (Lipinski definition) is 2. The van der Waals surface area contributed by atoms with E-state index >= 15 is 0 Å². The lowest BCUT2D eigenvalue weighted by Crippen LogP contribution is -1.89. The fraction of sp³-hybridized carbons (Fsp3) is 0.143. The number of aromatic amines is 1. The van der Waals surface area contributed by atoms with Crippen molar-refractivity contribution in [3.63, 3.8) is 0 Å². The van der Waals surface area contributed by atoms with Gasteiger partial charge in [0.2, 0.25) is 0 Å². The standard InChI is InChI=1S/C14H13N3/c1-9-5-10(2)7-11(6-9)13-8-16-12-3-4-15-14(12)17-13/h3-8H,1-2H3,(H,15,17). The van der Waals surface area contributed by atoms with E-state index in [-0.39, 0.29) is 0 Å². The van der Waals surface area contributed by atoms with Gasteiger partial charge in [-0.25, -0.2) is 4.98 Å². The van der Waals surface area contributed by atoms with Gasteiger partial charge in [-0.05, 0) is 32.0 Å². The molecule has 0 aliphatic carbocycles. The first kappa shape index (κ1) is 10.0. The summed E-state index contributed by atoms with van der Waals surface area (Å²) in [5.41, 5.74) is 6.25. The Morgan fingerprint density at radius 2 is 1.82 bits per heavy atom. The van der Waals surface area contributed by atoms with Gasteiger partial charge in [0.1, 0.15) is 5.52 Å². The van der Waals surface area contributed by atoms with E-state index in [4.69, 9.17) is 0 Å². The Balaban J connectivity index is 2.19. The van der Waals surface area contributed by atoms with E-state index in [9.17, 15) is 0 Å². The molecule has 0 saturated heterocycles. The van der Waals surface area contributed by atoms with Gasteiger partial charge in [-0.3, -0.25) is 4.98 Å². The molecule has 0 fully saturated rings. The van der Waals surface area contributed by atoms with E-state index < -0.39 is 0 Å². The van der Waals surface area contributed by atoms with Crippen LogP contribution in [-0.2, 0) is 0 Å². The molecule has 0 spiro atoms. The Kier molecular flexibility index (Phi) is 2.18. The molecular weight excluding hydrogens is 210 g/mol. The van der Waals surface area contributed by atoms with Gasteiger partial charge >= 0.3 is 0 Å². The Bertz CT molecular complexity index is 663. The summed E-state index contributed by atoms with van der Waals surface area (Å²) >= 11 is 0. The lowest BCUT2D eigenvalue weighted by molar-refractivity contribution is 1.25. The summed E-state index contributed by atoms with van der Waals surface area (Å²) in [5, 5.41) is 0. The molecule has 0 radical (unpaired) electrons. The summed E-state index contributed by atoms with van der Waals surface area (Å²) < 4.78 is 0. The number of aryl methyl sites for hydroxylation is 2. The second kappa shape index (κ2) is 3.70. The highest BCUT2D eigenvalue weighted by molar-refractivity contribution is 5.74. The zero-order valence-electron chi connectivity index (χ0n) is 9.86. The third-order valence-corrected chi connectivity index (χ3v) is 2.78. The summed E-state index contributed by atoms with van der Waals surface area (Å²) in [6.45, 7) is 4.19. The highest BCUT2D eigenvalue weighted by Gasteiger charge is 2.04. The summed E-state index contributed by atoms with van der Waals surface area (Å²) in [4.78, 5) is 12.0. The molecule has 3 rings (SSSR count). The van der Waals surface area contributed by atoms with Gasteiger partial charge in [0.25, 0.3) is 0 Å². The van der Waals surface area contributed by atoms with E-state index in [1.807, 2.05) is 18.5 Å². The number of aromatic nitrogens is 3. The number of hydrogen-bond donors (Lipinski definition) is 1. The lowest BCUT2D eigenvalue weighted by atomic mass is 10.1. The van der Waals surface area contributed by atoms with Crippen LogP contribution in [-0.4, -0.2) is 15.0 Å². The number of benzene rings is 1. The Morgan fingerprint density at radius 1 is 1.06 bits per heavy atom. The smallest absolute Gasteiger partial charge is 0.156 e. The molecular formula is C14H13N3. The van der Waals surface area contributed by atoms with Crippen molar-refractivity contribution >= 4 is 11.2 Å². The summed E-state index contributed by atoms with van der Waals surface area (Å²) in [7, 11) is 0. The fourth-order valence-electron chi connectivity index (χ4n) is 2.09. The molecule has 0 atom stereocenters. The van der Waals surface area contributed by atoms with E-state index in [0.717, 1.165) is 22.4 Å². The minimum absolute atomic E-state index is 0.835. The molecule has 3 nitrogen and oxygen atoms in total. The largest absolute Gasteiger partial charge is 0.345 e. The minimum atomic E-state index is 0.835. The molecule has 1 aromatic carbocycles. The molecule has 3 aromatic rings. The number of rotatable bonds is 1. The zero-order valence-corrected chi connectivity index (χ0v) is 9.86. The average Bonchev–Trinajstić information content (AvgIpc) is 2.74. The lowest BCUT2D eigenvalue weighted by Gasteiger charge is -2.04. The topological polar surface area (TPSA) is 41.6 Å². The van der Waals surface area contributed by atoms with Crippen molar-refractivity contribution in [2.24, 2.45) is 0 Å². The molecule has 1 N–H and O–H groups in total. The van der Waals surface area contributed by atoms with Crippen LogP contribution in [0, 0.1) is 13.8 Å². The van der Waals surface area contributed by atoms with Crippen molar-refractivity contribution in [2.75, 3.05) is 0 Å². The molecule has 0 amide bonds. The first-order valence-electron chi connectivity index (χ1n) is 5.61. The maximum absolute atomic E-state index is 4.57. The average molecular weight is 223 g/mol. The highest BCUT2D eigenvalue weighted by Crippen LogP contribution is 2.21. The number of H-pyrrole nitrogens is 1. The van der Waals surface area contributed by atoms with Crippen molar-refractivity contribution in [3.8, 4) is 11.3 Å². The van der Waals surface area contributed by atoms with E-state index in [2.05, 4.69) is 47.0 Å². The Morgan fingerprint density at radius 3 is 2.59 bits per heavy atom. The normalized spacial score (nSPS) is 10.9. The van der Waals surface area contributed by atoms with Crippen LogP contribution in [0.15, 0.2) is 36.7 Å².